The minimum Gasteiger partial charge on any atom is -0.467 e. The Balaban J connectivity index is 1.90. The average molecular weight is 334 g/mol. The molecule has 1 aromatic heterocycles. The van der Waals surface area contributed by atoms with Gasteiger partial charge in [-0.1, -0.05) is 6.07 Å². The van der Waals surface area contributed by atoms with E-state index >= 15 is 0 Å². The molecular weight excluding hydrogens is 316 g/mol. The van der Waals surface area contributed by atoms with E-state index in [1.54, 1.807) is 29.4 Å². The third kappa shape index (κ3) is 3.02. The van der Waals surface area contributed by atoms with Gasteiger partial charge in [-0.2, -0.15) is 0 Å². The van der Waals surface area contributed by atoms with Gasteiger partial charge in [-0.3, -0.25) is 4.79 Å². The van der Waals surface area contributed by atoms with E-state index < -0.39 is 10.0 Å². The monoisotopic (exact) mass is 334 g/mol. The lowest BCUT2D eigenvalue weighted by Gasteiger charge is -2.23. The third-order valence-corrected chi connectivity index (χ3v) is 5.46. The summed E-state index contributed by atoms with van der Waals surface area (Å²) in [6, 6.07) is 9.66. The predicted molar refractivity (Wildman–Crippen MR) is 84.4 cm³/mol. The molecule has 2 aromatic rings. The van der Waals surface area contributed by atoms with E-state index in [0.717, 1.165) is 18.6 Å². The molecule has 1 N–H and O–H groups in total. The lowest BCUT2D eigenvalue weighted by atomic mass is 10.1. The highest BCUT2D eigenvalue weighted by molar-refractivity contribution is 7.89. The van der Waals surface area contributed by atoms with Crippen molar-refractivity contribution in [3.8, 4) is 0 Å². The Morgan fingerprint density at radius 3 is 2.83 bits per heavy atom. The number of amides is 1. The summed E-state index contributed by atoms with van der Waals surface area (Å²) in [4.78, 5) is 14.6. The van der Waals surface area contributed by atoms with Crippen molar-refractivity contribution in [2.45, 2.75) is 23.8 Å². The number of carbonyl (C=O) groups is 1. The molecule has 0 bridgehead atoms. The SMILES string of the molecule is CNS(=O)(=O)c1cccc(C(=O)N2CCCC2c2ccco2)c1. The highest BCUT2D eigenvalue weighted by atomic mass is 32.2. The van der Waals surface area contributed by atoms with Crippen LogP contribution < -0.4 is 4.72 Å². The van der Waals surface area contributed by atoms with Gasteiger partial charge in [0.15, 0.2) is 0 Å². The van der Waals surface area contributed by atoms with Crippen LogP contribution in [-0.4, -0.2) is 32.8 Å². The third-order valence-electron chi connectivity index (χ3n) is 4.05. The molecule has 1 saturated heterocycles. The standard InChI is InChI=1S/C16H18N2O4S/c1-17-23(20,21)13-6-2-5-12(11-13)16(19)18-9-3-7-14(18)15-8-4-10-22-15/h2,4-6,8,10-11,14,17H,3,7,9H2,1H3. The summed E-state index contributed by atoms with van der Waals surface area (Å²) in [6.07, 6.45) is 3.33. The van der Waals surface area contributed by atoms with E-state index in [-0.39, 0.29) is 16.8 Å². The predicted octanol–water partition coefficient (Wildman–Crippen LogP) is 2.17. The van der Waals surface area contributed by atoms with Crippen molar-refractivity contribution in [3.05, 3.63) is 54.0 Å². The molecule has 0 aliphatic carbocycles. The van der Waals surface area contributed by atoms with Gasteiger partial charge in [-0.15, -0.1) is 0 Å². The molecule has 7 heteroatoms. The zero-order valence-electron chi connectivity index (χ0n) is 12.7. The maximum atomic E-state index is 12.8. The average Bonchev–Trinajstić information content (AvgIpc) is 3.25. The lowest BCUT2D eigenvalue weighted by Crippen LogP contribution is -2.30. The minimum atomic E-state index is -3.57. The first-order valence-electron chi connectivity index (χ1n) is 7.41. The lowest BCUT2D eigenvalue weighted by molar-refractivity contribution is 0.0719. The first-order valence-corrected chi connectivity index (χ1v) is 8.89. The van der Waals surface area contributed by atoms with Gasteiger partial charge in [0.25, 0.3) is 5.91 Å². The maximum Gasteiger partial charge on any atom is 0.254 e. The van der Waals surface area contributed by atoms with Crippen LogP contribution in [0.2, 0.25) is 0 Å². The molecule has 2 heterocycles. The summed E-state index contributed by atoms with van der Waals surface area (Å²) >= 11 is 0. The number of nitrogens with one attached hydrogen (secondary N) is 1. The fourth-order valence-electron chi connectivity index (χ4n) is 2.87. The van der Waals surface area contributed by atoms with Crippen LogP contribution in [0.1, 0.15) is 35.0 Å². The van der Waals surface area contributed by atoms with Crippen molar-refractivity contribution in [3.63, 3.8) is 0 Å². The van der Waals surface area contributed by atoms with Crippen molar-refractivity contribution >= 4 is 15.9 Å². The normalized spacial score (nSPS) is 18.3. The summed E-state index contributed by atoms with van der Waals surface area (Å²) in [5.74, 6) is 0.576. The Bertz CT molecular complexity index is 799. The highest BCUT2D eigenvalue weighted by Crippen LogP contribution is 2.33. The summed E-state index contributed by atoms with van der Waals surface area (Å²) in [5, 5.41) is 0. The Hall–Kier alpha value is -2.12. The Morgan fingerprint density at radius 1 is 1.30 bits per heavy atom. The van der Waals surface area contributed by atoms with Crippen LogP contribution in [0, 0.1) is 0 Å². The molecule has 0 spiro atoms. The first-order chi connectivity index (χ1) is 11.0. The number of hydrogen-bond donors (Lipinski definition) is 1. The van der Waals surface area contributed by atoms with Crippen molar-refractivity contribution < 1.29 is 17.6 Å². The molecule has 1 aliphatic rings. The minimum absolute atomic E-state index is 0.0830. The number of carbonyl (C=O) groups excluding carboxylic acids is 1. The number of nitrogens with zero attached hydrogens (tertiary/aromatic N) is 1. The largest absolute Gasteiger partial charge is 0.467 e. The maximum absolute atomic E-state index is 12.8. The van der Waals surface area contributed by atoms with Gasteiger partial charge in [0.05, 0.1) is 17.2 Å². The van der Waals surface area contributed by atoms with Crippen LogP contribution in [0.25, 0.3) is 0 Å². The van der Waals surface area contributed by atoms with Crippen LogP contribution in [0.3, 0.4) is 0 Å². The van der Waals surface area contributed by atoms with E-state index in [9.17, 15) is 13.2 Å². The van der Waals surface area contributed by atoms with E-state index in [1.165, 1.54) is 19.2 Å². The van der Waals surface area contributed by atoms with Gasteiger partial charge in [0.1, 0.15) is 5.76 Å². The second-order valence-corrected chi connectivity index (χ2v) is 7.29. The van der Waals surface area contributed by atoms with Gasteiger partial charge in [0, 0.05) is 12.1 Å². The number of benzene rings is 1. The second kappa shape index (κ2) is 6.17. The zero-order chi connectivity index (χ0) is 16.4. The summed E-state index contributed by atoms with van der Waals surface area (Å²) in [5.41, 5.74) is 0.361. The molecule has 1 amide bonds. The van der Waals surface area contributed by atoms with E-state index in [4.69, 9.17) is 4.42 Å². The number of likely N-dealkylation sites (tertiary alicyclic amines) is 1. The number of sulfonamides is 1. The molecule has 1 fully saturated rings. The van der Waals surface area contributed by atoms with Gasteiger partial charge in [-0.05, 0) is 50.2 Å². The van der Waals surface area contributed by atoms with E-state index in [2.05, 4.69) is 4.72 Å². The van der Waals surface area contributed by atoms with Crippen molar-refractivity contribution in [2.75, 3.05) is 13.6 Å². The van der Waals surface area contributed by atoms with Gasteiger partial charge in [0.2, 0.25) is 10.0 Å². The summed E-state index contributed by atoms with van der Waals surface area (Å²) < 4.78 is 31.5. The molecule has 1 atom stereocenters. The van der Waals surface area contributed by atoms with Gasteiger partial charge >= 0.3 is 0 Å². The fourth-order valence-corrected chi connectivity index (χ4v) is 3.64. The molecular formula is C16H18N2O4S. The van der Waals surface area contributed by atoms with Gasteiger partial charge in [-0.25, -0.2) is 13.1 Å². The Kier molecular flexibility index (Phi) is 4.23. The van der Waals surface area contributed by atoms with Crippen LogP contribution in [-0.2, 0) is 10.0 Å². The summed E-state index contributed by atoms with van der Waals surface area (Å²) in [7, 11) is -2.23. The topological polar surface area (TPSA) is 79.6 Å². The molecule has 6 nitrogen and oxygen atoms in total. The molecule has 1 aromatic carbocycles. The molecule has 0 saturated carbocycles. The molecule has 122 valence electrons. The molecule has 23 heavy (non-hydrogen) atoms. The second-order valence-electron chi connectivity index (χ2n) is 5.41. The van der Waals surface area contributed by atoms with Crippen molar-refractivity contribution in [1.82, 2.24) is 9.62 Å². The smallest absolute Gasteiger partial charge is 0.254 e. The highest BCUT2D eigenvalue weighted by Gasteiger charge is 2.32. The van der Waals surface area contributed by atoms with E-state index in [0.29, 0.717) is 12.1 Å². The quantitative estimate of drug-likeness (QED) is 0.929. The molecule has 1 unspecified atom stereocenters. The molecule has 0 radical (unpaired) electrons. The molecule has 3 rings (SSSR count). The van der Waals surface area contributed by atoms with Crippen LogP contribution in [0.4, 0.5) is 0 Å². The Labute approximate surface area is 135 Å². The number of furan rings is 1. The van der Waals surface area contributed by atoms with Crippen molar-refractivity contribution in [1.29, 1.82) is 0 Å². The number of hydrogen-bond acceptors (Lipinski definition) is 4. The Morgan fingerprint density at radius 2 is 2.13 bits per heavy atom. The number of rotatable bonds is 4. The first kappa shape index (κ1) is 15.8. The van der Waals surface area contributed by atoms with Crippen molar-refractivity contribution in [2.24, 2.45) is 0 Å². The summed E-state index contributed by atoms with van der Waals surface area (Å²) in [6.45, 7) is 0.632. The van der Waals surface area contributed by atoms with Crippen LogP contribution in [0.5, 0.6) is 0 Å². The van der Waals surface area contributed by atoms with Gasteiger partial charge < -0.3 is 9.32 Å². The van der Waals surface area contributed by atoms with E-state index in [1.807, 2.05) is 6.07 Å². The van der Waals surface area contributed by atoms with Crippen LogP contribution in [0.15, 0.2) is 52.0 Å². The molecule has 1 aliphatic heterocycles. The zero-order valence-corrected chi connectivity index (χ0v) is 13.5. The fraction of sp³-hybridized carbons (Fsp3) is 0.312. The van der Waals surface area contributed by atoms with Crippen LogP contribution >= 0.6 is 0 Å².